The molecule has 174 valence electrons. The molecule has 1 aliphatic carbocycles. The molecule has 0 bridgehead atoms. The summed E-state index contributed by atoms with van der Waals surface area (Å²) >= 11 is 5.71. The molecule has 12 heteroatoms. The Kier molecular flexibility index (Phi) is 5.94. The average molecular weight is 481 g/mol. The lowest BCUT2D eigenvalue weighted by Gasteiger charge is -2.21. The van der Waals surface area contributed by atoms with E-state index in [1.165, 1.54) is 12.3 Å². The van der Waals surface area contributed by atoms with Gasteiger partial charge in [0, 0.05) is 43.0 Å². The Balaban J connectivity index is 1.68. The highest BCUT2D eigenvalue weighted by molar-refractivity contribution is 6.31. The third kappa shape index (κ3) is 4.59. The molecule has 2 aromatic rings. The van der Waals surface area contributed by atoms with Gasteiger partial charge in [0.25, 0.3) is 0 Å². The number of hydrogen-bond acceptors (Lipinski definition) is 7. The van der Waals surface area contributed by atoms with Crippen LogP contribution in [-0.2, 0) is 17.5 Å². The van der Waals surface area contributed by atoms with Gasteiger partial charge in [0.15, 0.2) is 5.82 Å². The molecule has 1 aliphatic heterocycles. The van der Waals surface area contributed by atoms with E-state index in [0.29, 0.717) is 24.2 Å². The van der Waals surface area contributed by atoms with Gasteiger partial charge in [-0.3, -0.25) is 4.79 Å². The molecule has 1 aromatic heterocycles. The van der Waals surface area contributed by atoms with Crippen molar-refractivity contribution in [1.29, 1.82) is 5.26 Å². The van der Waals surface area contributed by atoms with Gasteiger partial charge in [0.05, 0.1) is 22.8 Å². The first-order valence-corrected chi connectivity index (χ1v) is 10.5. The summed E-state index contributed by atoms with van der Waals surface area (Å²) in [7, 11) is 0. The minimum atomic E-state index is -4.65. The molecule has 4 rings (SSSR count). The minimum Gasteiger partial charge on any atom is -0.390 e. The monoisotopic (exact) mass is 480 g/mol. The topological polar surface area (TPSA) is 128 Å². The zero-order valence-electron chi connectivity index (χ0n) is 17.2. The number of carbonyl (C=O) groups excluding carboxylic acids is 1. The predicted octanol–water partition coefficient (Wildman–Crippen LogP) is 2.24. The van der Waals surface area contributed by atoms with E-state index < -0.39 is 40.2 Å². The molecular weight excluding hydrogens is 461 g/mol. The van der Waals surface area contributed by atoms with E-state index in [0.717, 1.165) is 12.1 Å². The van der Waals surface area contributed by atoms with Crippen molar-refractivity contribution in [3.8, 4) is 17.5 Å². The lowest BCUT2D eigenvalue weighted by molar-refractivity contribution is -0.137. The van der Waals surface area contributed by atoms with Crippen molar-refractivity contribution in [2.75, 3.05) is 18.0 Å². The number of β-amino-alcohol motifs (C(OH)–C–C–N with tert-alkyl or cyclic N) is 1. The van der Waals surface area contributed by atoms with Gasteiger partial charge in [0.2, 0.25) is 5.91 Å². The predicted molar refractivity (Wildman–Crippen MR) is 113 cm³/mol. The Hall–Kier alpha value is -2.94. The molecule has 0 radical (unpaired) electrons. The molecule has 2 heterocycles. The second-order valence-corrected chi connectivity index (χ2v) is 8.65. The van der Waals surface area contributed by atoms with E-state index in [-0.39, 0.29) is 31.0 Å². The molecular formula is C21H20ClF3N6O2. The fourth-order valence-electron chi connectivity index (χ4n) is 3.66. The maximum absolute atomic E-state index is 13.3. The fourth-order valence-corrected chi connectivity index (χ4v) is 3.89. The van der Waals surface area contributed by atoms with Gasteiger partial charge in [-0.05, 0) is 31.0 Å². The van der Waals surface area contributed by atoms with Crippen LogP contribution in [0.3, 0.4) is 0 Å². The summed E-state index contributed by atoms with van der Waals surface area (Å²) in [4.78, 5) is 22.7. The lowest BCUT2D eigenvalue weighted by atomic mass is 10.1. The van der Waals surface area contributed by atoms with Gasteiger partial charge in [-0.1, -0.05) is 11.6 Å². The van der Waals surface area contributed by atoms with Crippen molar-refractivity contribution in [3.05, 3.63) is 40.5 Å². The van der Waals surface area contributed by atoms with Gasteiger partial charge in [0.1, 0.15) is 11.2 Å². The molecule has 1 amide bonds. The normalized spacial score (nSPS) is 21.5. The van der Waals surface area contributed by atoms with E-state index in [4.69, 9.17) is 17.3 Å². The zero-order chi connectivity index (χ0) is 24.0. The minimum absolute atomic E-state index is 0.00806. The second kappa shape index (κ2) is 8.44. The zero-order valence-corrected chi connectivity index (χ0v) is 18.0. The molecule has 1 saturated carbocycles. The molecule has 1 aromatic carbocycles. The van der Waals surface area contributed by atoms with E-state index in [9.17, 15) is 28.3 Å². The number of rotatable bonds is 5. The van der Waals surface area contributed by atoms with Gasteiger partial charge in [-0.25, -0.2) is 9.97 Å². The standard InChI is InChI=1S/C21H20ClF3N6O2/c22-14-2-1-11(5-13(14)21(23,24)25)17-28-6-12(7-29-19(33)20(10-26)3-4-20)18(30-17)31-8-15(27)16(32)9-31/h1-2,5-6,15-16,32H,3-4,7-9,27H2,(H,29,33)/t15-,16-/m1/s1. The quantitative estimate of drug-likeness (QED) is 0.598. The number of aliphatic hydroxyl groups excluding tert-OH is 1. The highest BCUT2D eigenvalue weighted by atomic mass is 35.5. The number of carbonyl (C=O) groups is 1. The van der Waals surface area contributed by atoms with Crippen molar-refractivity contribution >= 4 is 23.3 Å². The van der Waals surface area contributed by atoms with E-state index >= 15 is 0 Å². The van der Waals surface area contributed by atoms with Crippen LogP contribution in [0, 0.1) is 16.7 Å². The van der Waals surface area contributed by atoms with Crippen LogP contribution in [0.4, 0.5) is 19.0 Å². The Morgan fingerprint density at radius 1 is 1.39 bits per heavy atom. The highest BCUT2D eigenvalue weighted by Gasteiger charge is 2.50. The summed E-state index contributed by atoms with van der Waals surface area (Å²) in [5, 5.41) is 21.5. The third-order valence-corrected chi connectivity index (χ3v) is 6.17. The number of aliphatic hydroxyl groups is 1. The van der Waals surface area contributed by atoms with Gasteiger partial charge < -0.3 is 21.1 Å². The lowest BCUT2D eigenvalue weighted by Crippen LogP contribution is -2.33. The van der Waals surface area contributed by atoms with Crippen LogP contribution >= 0.6 is 11.6 Å². The van der Waals surface area contributed by atoms with Crippen molar-refractivity contribution in [2.45, 2.75) is 37.7 Å². The highest BCUT2D eigenvalue weighted by Crippen LogP contribution is 2.45. The maximum Gasteiger partial charge on any atom is 0.417 e. The van der Waals surface area contributed by atoms with Crippen LogP contribution in [-0.4, -0.2) is 46.2 Å². The first kappa shape index (κ1) is 23.2. The molecule has 33 heavy (non-hydrogen) atoms. The van der Waals surface area contributed by atoms with E-state index in [1.54, 1.807) is 4.90 Å². The SMILES string of the molecule is N#CC1(C(=O)NCc2cnc(-c3ccc(Cl)c(C(F)(F)F)c3)nc2N2C[C@@H](N)[C@H](O)C2)CC1. The average Bonchev–Trinajstić information content (AvgIpc) is 3.51. The molecule has 2 aliphatic rings. The van der Waals surface area contributed by atoms with Crippen molar-refractivity contribution in [1.82, 2.24) is 15.3 Å². The van der Waals surface area contributed by atoms with Crippen LogP contribution in [0.25, 0.3) is 11.4 Å². The Morgan fingerprint density at radius 2 is 2.12 bits per heavy atom. The van der Waals surface area contributed by atoms with Crippen LogP contribution in [0.15, 0.2) is 24.4 Å². The molecule has 2 atom stereocenters. The second-order valence-electron chi connectivity index (χ2n) is 8.25. The summed E-state index contributed by atoms with van der Waals surface area (Å²) in [6.45, 7) is 0.429. The number of anilines is 1. The molecule has 0 spiro atoms. The van der Waals surface area contributed by atoms with Crippen molar-refractivity contribution in [3.63, 3.8) is 0 Å². The smallest absolute Gasteiger partial charge is 0.390 e. The van der Waals surface area contributed by atoms with Gasteiger partial charge in [-0.15, -0.1) is 0 Å². The summed E-state index contributed by atoms with van der Waals surface area (Å²) in [6.07, 6.45) is -3.08. The molecule has 1 saturated heterocycles. The van der Waals surface area contributed by atoms with Crippen LogP contribution < -0.4 is 16.0 Å². The number of benzene rings is 1. The molecule has 8 nitrogen and oxygen atoms in total. The van der Waals surface area contributed by atoms with Crippen molar-refractivity contribution in [2.24, 2.45) is 11.1 Å². The summed E-state index contributed by atoms with van der Waals surface area (Å²) in [5.74, 6) is -0.0452. The number of nitrogens with one attached hydrogen (secondary N) is 1. The number of alkyl halides is 3. The van der Waals surface area contributed by atoms with Crippen LogP contribution in [0.1, 0.15) is 24.0 Å². The number of halogens is 4. The van der Waals surface area contributed by atoms with Crippen molar-refractivity contribution < 1.29 is 23.1 Å². The molecule has 0 unspecified atom stereocenters. The number of aromatic nitrogens is 2. The Bertz CT molecular complexity index is 1120. The van der Waals surface area contributed by atoms with Crippen LogP contribution in [0.2, 0.25) is 5.02 Å². The maximum atomic E-state index is 13.3. The summed E-state index contributed by atoms with van der Waals surface area (Å²) in [6, 6.07) is 4.86. The Labute approximate surface area is 192 Å². The first-order valence-electron chi connectivity index (χ1n) is 10.2. The fraction of sp³-hybridized carbons (Fsp3) is 0.429. The van der Waals surface area contributed by atoms with E-state index in [1.807, 2.05) is 6.07 Å². The van der Waals surface area contributed by atoms with Crippen LogP contribution in [0.5, 0.6) is 0 Å². The third-order valence-electron chi connectivity index (χ3n) is 5.84. The first-order chi connectivity index (χ1) is 15.5. The number of hydrogen-bond donors (Lipinski definition) is 3. The number of nitriles is 1. The summed E-state index contributed by atoms with van der Waals surface area (Å²) in [5.41, 5.74) is 4.48. The van der Waals surface area contributed by atoms with Gasteiger partial charge in [-0.2, -0.15) is 18.4 Å². The van der Waals surface area contributed by atoms with E-state index in [2.05, 4.69) is 15.3 Å². The Morgan fingerprint density at radius 3 is 2.70 bits per heavy atom. The van der Waals surface area contributed by atoms with Gasteiger partial charge >= 0.3 is 6.18 Å². The molecule has 4 N–H and O–H groups in total. The largest absolute Gasteiger partial charge is 0.417 e. The number of nitrogens with zero attached hydrogens (tertiary/aromatic N) is 4. The summed E-state index contributed by atoms with van der Waals surface area (Å²) < 4.78 is 39.9. The number of nitrogens with two attached hydrogens (primary N) is 1. The number of amides is 1. The molecule has 2 fully saturated rings.